The van der Waals surface area contributed by atoms with E-state index in [9.17, 15) is 9.59 Å². The van der Waals surface area contributed by atoms with Crippen LogP contribution in [0, 0.1) is 0 Å². The number of esters is 1. The number of nitrogens with zero attached hydrogens (tertiary/aromatic N) is 1. The number of ether oxygens (including phenoxy) is 2. The van der Waals surface area contributed by atoms with Crippen molar-refractivity contribution in [3.8, 4) is 0 Å². The lowest BCUT2D eigenvalue weighted by Crippen LogP contribution is -2.22. The van der Waals surface area contributed by atoms with Crippen LogP contribution in [0.25, 0.3) is 0 Å². The molecule has 13 heavy (non-hydrogen) atoms. The minimum absolute atomic E-state index is 0.397. The first-order valence-corrected chi connectivity index (χ1v) is 3.82. The highest BCUT2D eigenvalue weighted by Crippen LogP contribution is 2.15. The summed E-state index contributed by atoms with van der Waals surface area (Å²) in [4.78, 5) is 23.3. The van der Waals surface area contributed by atoms with Crippen LogP contribution in [0.4, 0.5) is 4.79 Å². The Kier molecular flexibility index (Phi) is 2.89. The van der Waals surface area contributed by atoms with Crippen LogP contribution in [0.15, 0.2) is 11.8 Å². The summed E-state index contributed by atoms with van der Waals surface area (Å²) in [5.74, 6) is -0.397. The molecule has 1 aliphatic heterocycles. The van der Waals surface area contributed by atoms with Gasteiger partial charge in [-0.1, -0.05) is 0 Å². The molecule has 1 rings (SSSR count). The predicted octanol–water partition coefficient (Wildman–Crippen LogP) is 0.515. The molecule has 5 heteroatoms. The Morgan fingerprint density at radius 1 is 1.38 bits per heavy atom. The van der Waals surface area contributed by atoms with E-state index in [1.54, 1.807) is 0 Å². The van der Waals surface area contributed by atoms with Crippen molar-refractivity contribution in [2.24, 2.45) is 0 Å². The van der Waals surface area contributed by atoms with Crippen molar-refractivity contribution < 1.29 is 19.1 Å². The number of carbonyl (C=O) groups excluding carboxylic acids is 2. The second-order valence-corrected chi connectivity index (χ2v) is 2.56. The SMILES string of the molecule is COC(=O)C1=CN(C(=O)OC)CC1. The van der Waals surface area contributed by atoms with E-state index < -0.39 is 12.1 Å². The average molecular weight is 185 g/mol. The van der Waals surface area contributed by atoms with Gasteiger partial charge in [-0.15, -0.1) is 0 Å². The quantitative estimate of drug-likeness (QED) is 0.559. The van der Waals surface area contributed by atoms with E-state index in [1.807, 2.05) is 0 Å². The Labute approximate surface area is 75.9 Å². The molecule has 0 aromatic carbocycles. The molecule has 0 fully saturated rings. The minimum Gasteiger partial charge on any atom is -0.466 e. The first-order valence-electron chi connectivity index (χ1n) is 3.82. The summed E-state index contributed by atoms with van der Waals surface area (Å²) in [6.07, 6.45) is 1.51. The molecule has 0 unspecified atom stereocenters. The van der Waals surface area contributed by atoms with Crippen LogP contribution in [0.5, 0.6) is 0 Å². The van der Waals surface area contributed by atoms with Crippen molar-refractivity contribution >= 4 is 12.1 Å². The monoisotopic (exact) mass is 185 g/mol. The molecule has 0 atom stereocenters. The van der Waals surface area contributed by atoms with E-state index >= 15 is 0 Å². The molecule has 0 bridgehead atoms. The van der Waals surface area contributed by atoms with E-state index in [0.29, 0.717) is 18.5 Å². The molecule has 5 nitrogen and oxygen atoms in total. The Bertz CT molecular complexity index is 259. The van der Waals surface area contributed by atoms with Crippen molar-refractivity contribution in [1.29, 1.82) is 0 Å². The Hall–Kier alpha value is -1.52. The van der Waals surface area contributed by atoms with Gasteiger partial charge in [0.05, 0.1) is 19.8 Å². The first kappa shape index (κ1) is 9.57. The molecule has 1 heterocycles. The van der Waals surface area contributed by atoms with Gasteiger partial charge in [0.25, 0.3) is 0 Å². The molecule has 0 saturated carbocycles. The van der Waals surface area contributed by atoms with Crippen LogP contribution in [-0.4, -0.2) is 37.7 Å². The topological polar surface area (TPSA) is 55.8 Å². The lowest BCUT2D eigenvalue weighted by molar-refractivity contribution is -0.136. The van der Waals surface area contributed by atoms with Crippen LogP contribution >= 0.6 is 0 Å². The molecule has 0 spiro atoms. The zero-order valence-corrected chi connectivity index (χ0v) is 7.57. The maximum atomic E-state index is 11.0. The van der Waals surface area contributed by atoms with Gasteiger partial charge in [-0.2, -0.15) is 0 Å². The van der Waals surface area contributed by atoms with Gasteiger partial charge in [0.15, 0.2) is 0 Å². The van der Waals surface area contributed by atoms with Crippen molar-refractivity contribution in [2.75, 3.05) is 20.8 Å². The third kappa shape index (κ3) is 1.99. The fourth-order valence-electron chi connectivity index (χ4n) is 1.11. The van der Waals surface area contributed by atoms with Crippen LogP contribution < -0.4 is 0 Å². The smallest absolute Gasteiger partial charge is 0.413 e. The highest BCUT2D eigenvalue weighted by molar-refractivity contribution is 5.89. The maximum absolute atomic E-state index is 11.0. The first-order chi connectivity index (χ1) is 6.19. The van der Waals surface area contributed by atoms with Crippen molar-refractivity contribution in [1.82, 2.24) is 4.90 Å². The number of hydrogen-bond acceptors (Lipinski definition) is 4. The largest absolute Gasteiger partial charge is 0.466 e. The molecule has 0 radical (unpaired) electrons. The van der Waals surface area contributed by atoms with Gasteiger partial charge in [-0.3, -0.25) is 4.90 Å². The van der Waals surface area contributed by atoms with Gasteiger partial charge in [0, 0.05) is 12.7 Å². The zero-order chi connectivity index (χ0) is 9.84. The third-order valence-corrected chi connectivity index (χ3v) is 1.79. The number of hydrogen-bond donors (Lipinski definition) is 0. The second kappa shape index (κ2) is 3.93. The zero-order valence-electron chi connectivity index (χ0n) is 7.57. The van der Waals surface area contributed by atoms with Gasteiger partial charge in [-0.05, 0) is 6.42 Å². The van der Waals surface area contributed by atoms with Crippen LogP contribution in [0.1, 0.15) is 6.42 Å². The van der Waals surface area contributed by atoms with Crippen LogP contribution in [-0.2, 0) is 14.3 Å². The van der Waals surface area contributed by atoms with E-state index in [4.69, 9.17) is 0 Å². The summed E-state index contributed by atoms with van der Waals surface area (Å²) in [6, 6.07) is 0. The summed E-state index contributed by atoms with van der Waals surface area (Å²) >= 11 is 0. The molecule has 1 amide bonds. The Balaban J connectivity index is 2.63. The fourth-order valence-corrected chi connectivity index (χ4v) is 1.11. The molecule has 1 aliphatic rings. The van der Waals surface area contributed by atoms with Gasteiger partial charge in [0.1, 0.15) is 0 Å². The number of methoxy groups -OCH3 is 2. The summed E-state index contributed by atoms with van der Waals surface area (Å²) in [6.45, 7) is 0.469. The van der Waals surface area contributed by atoms with E-state index in [-0.39, 0.29) is 0 Å². The van der Waals surface area contributed by atoms with Gasteiger partial charge >= 0.3 is 12.1 Å². The molecule has 72 valence electrons. The van der Waals surface area contributed by atoms with Crippen molar-refractivity contribution in [3.05, 3.63) is 11.8 Å². The lowest BCUT2D eigenvalue weighted by Gasteiger charge is -2.09. The standard InChI is InChI=1S/C8H11NO4/c1-12-7(10)6-3-4-9(5-6)8(11)13-2/h5H,3-4H2,1-2H3. The predicted molar refractivity (Wildman–Crippen MR) is 43.8 cm³/mol. The summed E-state index contributed by atoms with van der Waals surface area (Å²) in [5, 5.41) is 0. The normalized spacial score (nSPS) is 15.2. The third-order valence-electron chi connectivity index (χ3n) is 1.79. The molecular formula is C8H11NO4. The number of carbonyl (C=O) groups is 2. The van der Waals surface area contributed by atoms with E-state index in [2.05, 4.69) is 9.47 Å². The molecule has 0 saturated heterocycles. The Morgan fingerprint density at radius 3 is 2.62 bits per heavy atom. The van der Waals surface area contributed by atoms with Gasteiger partial charge < -0.3 is 9.47 Å². The molecule has 0 aromatic rings. The summed E-state index contributed by atoms with van der Waals surface area (Å²) < 4.78 is 9.00. The summed E-state index contributed by atoms with van der Waals surface area (Å²) in [7, 11) is 2.61. The van der Waals surface area contributed by atoms with Crippen LogP contribution in [0.2, 0.25) is 0 Å². The fraction of sp³-hybridized carbons (Fsp3) is 0.500. The second-order valence-electron chi connectivity index (χ2n) is 2.56. The molecule has 0 N–H and O–H groups in total. The van der Waals surface area contributed by atoms with Gasteiger partial charge in [-0.25, -0.2) is 9.59 Å². The highest BCUT2D eigenvalue weighted by atomic mass is 16.5. The molecule has 0 aromatic heterocycles. The highest BCUT2D eigenvalue weighted by Gasteiger charge is 2.23. The summed E-state index contributed by atoms with van der Waals surface area (Å²) in [5.41, 5.74) is 0.493. The molecular weight excluding hydrogens is 174 g/mol. The molecule has 0 aliphatic carbocycles. The lowest BCUT2D eigenvalue weighted by atomic mass is 10.2. The average Bonchev–Trinajstić information content (AvgIpc) is 2.64. The maximum Gasteiger partial charge on any atom is 0.413 e. The van der Waals surface area contributed by atoms with Crippen molar-refractivity contribution in [2.45, 2.75) is 6.42 Å². The van der Waals surface area contributed by atoms with Gasteiger partial charge in [0.2, 0.25) is 0 Å². The van der Waals surface area contributed by atoms with Crippen molar-refractivity contribution in [3.63, 3.8) is 0 Å². The number of amides is 1. The minimum atomic E-state index is -0.459. The van der Waals surface area contributed by atoms with Crippen LogP contribution in [0.3, 0.4) is 0 Å². The van der Waals surface area contributed by atoms with E-state index in [0.717, 1.165) is 0 Å². The van der Waals surface area contributed by atoms with E-state index in [1.165, 1.54) is 25.3 Å². The Morgan fingerprint density at radius 2 is 2.08 bits per heavy atom. The number of rotatable bonds is 1.